The van der Waals surface area contributed by atoms with Crippen molar-refractivity contribution in [2.75, 3.05) is 14.2 Å². The molecular formula is C13H15NO2S. The van der Waals surface area contributed by atoms with Crippen molar-refractivity contribution in [2.24, 2.45) is 5.73 Å². The SMILES string of the molecule is COc1ccc([C@@H](N)c2cccs2)cc1OC. The molecule has 2 rings (SSSR count). The van der Waals surface area contributed by atoms with E-state index in [1.165, 1.54) is 0 Å². The van der Waals surface area contributed by atoms with Crippen LogP contribution in [0.3, 0.4) is 0 Å². The van der Waals surface area contributed by atoms with Crippen molar-refractivity contribution < 1.29 is 9.47 Å². The Hall–Kier alpha value is -1.52. The van der Waals surface area contributed by atoms with Crippen molar-refractivity contribution in [3.8, 4) is 11.5 Å². The lowest BCUT2D eigenvalue weighted by Crippen LogP contribution is -2.10. The third kappa shape index (κ3) is 2.43. The Morgan fingerprint density at radius 1 is 1.12 bits per heavy atom. The van der Waals surface area contributed by atoms with E-state index in [4.69, 9.17) is 15.2 Å². The highest BCUT2D eigenvalue weighted by Crippen LogP contribution is 2.32. The molecule has 1 heterocycles. The maximum Gasteiger partial charge on any atom is 0.161 e. The van der Waals surface area contributed by atoms with E-state index >= 15 is 0 Å². The molecule has 0 aliphatic rings. The smallest absolute Gasteiger partial charge is 0.161 e. The molecule has 0 aliphatic carbocycles. The molecule has 0 saturated heterocycles. The molecule has 0 amide bonds. The third-order valence-electron chi connectivity index (χ3n) is 2.62. The second-order valence-corrected chi connectivity index (χ2v) is 4.59. The second-order valence-electron chi connectivity index (χ2n) is 3.61. The van der Waals surface area contributed by atoms with Crippen LogP contribution in [0.25, 0.3) is 0 Å². The van der Waals surface area contributed by atoms with Gasteiger partial charge < -0.3 is 15.2 Å². The zero-order chi connectivity index (χ0) is 12.3. The van der Waals surface area contributed by atoms with E-state index in [2.05, 4.69) is 0 Å². The molecule has 1 aromatic heterocycles. The van der Waals surface area contributed by atoms with Gasteiger partial charge in [-0.15, -0.1) is 11.3 Å². The van der Waals surface area contributed by atoms with Crippen LogP contribution in [0.15, 0.2) is 35.7 Å². The Morgan fingerprint density at radius 3 is 2.47 bits per heavy atom. The van der Waals surface area contributed by atoms with Gasteiger partial charge in [0.2, 0.25) is 0 Å². The van der Waals surface area contributed by atoms with E-state index < -0.39 is 0 Å². The quantitative estimate of drug-likeness (QED) is 0.906. The Kier molecular flexibility index (Phi) is 3.66. The third-order valence-corrected chi connectivity index (χ3v) is 3.57. The van der Waals surface area contributed by atoms with Crippen LogP contribution in [0.1, 0.15) is 16.5 Å². The zero-order valence-electron chi connectivity index (χ0n) is 9.84. The highest BCUT2D eigenvalue weighted by atomic mass is 32.1. The first-order chi connectivity index (χ1) is 8.26. The summed E-state index contributed by atoms with van der Waals surface area (Å²) in [6, 6.07) is 9.68. The monoisotopic (exact) mass is 249 g/mol. The lowest BCUT2D eigenvalue weighted by Gasteiger charge is -2.13. The number of methoxy groups -OCH3 is 2. The summed E-state index contributed by atoms with van der Waals surface area (Å²) in [5, 5.41) is 2.02. The first kappa shape index (κ1) is 12.0. The second kappa shape index (κ2) is 5.21. The molecule has 3 nitrogen and oxygen atoms in total. The van der Waals surface area contributed by atoms with Crippen LogP contribution >= 0.6 is 11.3 Å². The average molecular weight is 249 g/mol. The number of hydrogen-bond donors (Lipinski definition) is 1. The maximum atomic E-state index is 6.19. The molecular weight excluding hydrogens is 234 g/mol. The molecule has 0 aliphatic heterocycles. The molecule has 0 radical (unpaired) electrons. The van der Waals surface area contributed by atoms with Crippen LogP contribution in [-0.2, 0) is 0 Å². The molecule has 0 bridgehead atoms. The number of nitrogens with two attached hydrogens (primary N) is 1. The molecule has 0 fully saturated rings. The minimum absolute atomic E-state index is 0.116. The summed E-state index contributed by atoms with van der Waals surface area (Å²) < 4.78 is 10.5. The van der Waals surface area contributed by atoms with Crippen molar-refractivity contribution in [1.29, 1.82) is 0 Å². The standard InChI is InChI=1S/C13H15NO2S/c1-15-10-6-5-9(8-11(10)16-2)13(14)12-4-3-7-17-12/h3-8,13H,14H2,1-2H3/t13-/m1/s1. The van der Waals surface area contributed by atoms with Crippen molar-refractivity contribution in [3.05, 3.63) is 46.2 Å². The molecule has 0 saturated carbocycles. The van der Waals surface area contributed by atoms with Gasteiger partial charge in [0.05, 0.1) is 20.3 Å². The van der Waals surface area contributed by atoms with Gasteiger partial charge in [-0.3, -0.25) is 0 Å². The van der Waals surface area contributed by atoms with Gasteiger partial charge in [-0.2, -0.15) is 0 Å². The zero-order valence-corrected chi connectivity index (χ0v) is 10.7. The number of hydrogen-bond acceptors (Lipinski definition) is 4. The average Bonchev–Trinajstić information content (AvgIpc) is 2.90. The van der Waals surface area contributed by atoms with E-state index in [1.54, 1.807) is 25.6 Å². The summed E-state index contributed by atoms with van der Waals surface area (Å²) >= 11 is 1.65. The summed E-state index contributed by atoms with van der Waals surface area (Å²) in [7, 11) is 3.25. The Morgan fingerprint density at radius 2 is 1.88 bits per heavy atom. The topological polar surface area (TPSA) is 44.5 Å². The van der Waals surface area contributed by atoms with E-state index in [1.807, 2.05) is 35.7 Å². The minimum Gasteiger partial charge on any atom is -0.493 e. The summed E-state index contributed by atoms with van der Waals surface area (Å²) in [5.74, 6) is 1.42. The molecule has 90 valence electrons. The van der Waals surface area contributed by atoms with E-state index in [-0.39, 0.29) is 6.04 Å². The maximum absolute atomic E-state index is 6.19. The van der Waals surface area contributed by atoms with Crippen LogP contribution in [0.5, 0.6) is 11.5 Å². The Labute approximate surface area is 105 Å². The summed E-state index contributed by atoms with van der Waals surface area (Å²) in [4.78, 5) is 1.14. The van der Waals surface area contributed by atoms with Gasteiger partial charge in [0.1, 0.15) is 0 Å². The van der Waals surface area contributed by atoms with E-state index in [9.17, 15) is 0 Å². The van der Waals surface area contributed by atoms with Crippen molar-refractivity contribution in [1.82, 2.24) is 0 Å². The van der Waals surface area contributed by atoms with Crippen molar-refractivity contribution in [2.45, 2.75) is 6.04 Å². The lowest BCUT2D eigenvalue weighted by molar-refractivity contribution is 0.354. The summed E-state index contributed by atoms with van der Waals surface area (Å²) in [5.41, 5.74) is 7.21. The van der Waals surface area contributed by atoms with Gasteiger partial charge in [0, 0.05) is 4.88 Å². The van der Waals surface area contributed by atoms with Crippen LogP contribution in [0.4, 0.5) is 0 Å². The first-order valence-corrected chi connectivity index (χ1v) is 6.15. The molecule has 0 unspecified atom stereocenters. The van der Waals surface area contributed by atoms with Crippen LogP contribution < -0.4 is 15.2 Å². The van der Waals surface area contributed by atoms with E-state index in [0.717, 1.165) is 16.2 Å². The van der Waals surface area contributed by atoms with Gasteiger partial charge in [0.25, 0.3) is 0 Å². The van der Waals surface area contributed by atoms with Gasteiger partial charge in [0.15, 0.2) is 11.5 Å². The molecule has 2 N–H and O–H groups in total. The molecule has 0 spiro atoms. The van der Waals surface area contributed by atoms with E-state index in [0.29, 0.717) is 5.75 Å². The minimum atomic E-state index is -0.116. The molecule has 4 heteroatoms. The molecule has 17 heavy (non-hydrogen) atoms. The normalized spacial score (nSPS) is 12.2. The highest BCUT2D eigenvalue weighted by Gasteiger charge is 2.12. The first-order valence-electron chi connectivity index (χ1n) is 5.27. The van der Waals surface area contributed by atoms with Gasteiger partial charge in [-0.25, -0.2) is 0 Å². The predicted octanol–water partition coefficient (Wildman–Crippen LogP) is 2.81. The number of rotatable bonds is 4. The van der Waals surface area contributed by atoms with Gasteiger partial charge in [-0.1, -0.05) is 12.1 Å². The predicted molar refractivity (Wildman–Crippen MR) is 69.9 cm³/mol. The fraction of sp³-hybridized carbons (Fsp3) is 0.231. The van der Waals surface area contributed by atoms with Gasteiger partial charge in [-0.05, 0) is 29.1 Å². The van der Waals surface area contributed by atoms with Crippen molar-refractivity contribution in [3.63, 3.8) is 0 Å². The molecule has 1 aromatic carbocycles. The Balaban J connectivity index is 2.33. The van der Waals surface area contributed by atoms with Crippen molar-refractivity contribution >= 4 is 11.3 Å². The number of thiophene rings is 1. The number of ether oxygens (including phenoxy) is 2. The Bertz CT molecular complexity index is 482. The molecule has 2 aromatic rings. The lowest BCUT2D eigenvalue weighted by atomic mass is 10.1. The van der Waals surface area contributed by atoms with Crippen LogP contribution in [0, 0.1) is 0 Å². The summed E-state index contributed by atoms with van der Waals surface area (Å²) in [6.45, 7) is 0. The van der Waals surface area contributed by atoms with Crippen LogP contribution in [0.2, 0.25) is 0 Å². The fourth-order valence-electron chi connectivity index (χ4n) is 1.68. The van der Waals surface area contributed by atoms with Gasteiger partial charge >= 0.3 is 0 Å². The highest BCUT2D eigenvalue weighted by molar-refractivity contribution is 7.10. The van der Waals surface area contributed by atoms with Crippen LogP contribution in [-0.4, -0.2) is 14.2 Å². The fourth-order valence-corrected chi connectivity index (χ4v) is 2.43. The largest absolute Gasteiger partial charge is 0.493 e. The molecule has 1 atom stereocenters. The number of benzene rings is 1. The summed E-state index contributed by atoms with van der Waals surface area (Å²) in [6.07, 6.45) is 0.